The molecule has 0 radical (unpaired) electrons. The van der Waals surface area contributed by atoms with Gasteiger partial charge in [-0.2, -0.15) is 0 Å². The molecule has 0 aliphatic heterocycles. The van der Waals surface area contributed by atoms with E-state index in [1.165, 1.54) is 0 Å². The lowest BCUT2D eigenvalue weighted by atomic mass is 9.94. The van der Waals surface area contributed by atoms with Crippen LogP contribution in [0.4, 0.5) is 11.4 Å². The minimum Gasteiger partial charge on any atom is -0.378 e. The van der Waals surface area contributed by atoms with E-state index in [2.05, 4.69) is 22.9 Å². The molecule has 0 unspecified atom stereocenters. The maximum atomic E-state index is 13.2. The van der Waals surface area contributed by atoms with Crippen molar-refractivity contribution in [3.63, 3.8) is 0 Å². The molecule has 0 saturated carbocycles. The maximum Gasteiger partial charge on any atom is 0.262 e. The fourth-order valence-electron chi connectivity index (χ4n) is 3.98. The van der Waals surface area contributed by atoms with Crippen LogP contribution in [0.1, 0.15) is 0 Å². The predicted octanol–water partition coefficient (Wildman–Crippen LogP) is 5.45. The molecule has 29 heavy (non-hydrogen) atoms. The van der Waals surface area contributed by atoms with Crippen molar-refractivity contribution in [1.82, 2.24) is 0 Å². The lowest BCUT2D eigenvalue weighted by molar-refractivity contribution is 0.602. The number of nitrogens with zero attached hydrogens (tertiary/aromatic N) is 1. The van der Waals surface area contributed by atoms with Crippen LogP contribution in [0.2, 0.25) is 0 Å². The van der Waals surface area contributed by atoms with E-state index in [9.17, 15) is 8.42 Å². The van der Waals surface area contributed by atoms with Crippen LogP contribution in [0.25, 0.3) is 32.3 Å². The minimum absolute atomic E-state index is 0.292. The summed E-state index contributed by atoms with van der Waals surface area (Å²) < 4.78 is 29.2. The molecule has 0 saturated heterocycles. The molecule has 5 aromatic carbocycles. The summed E-state index contributed by atoms with van der Waals surface area (Å²) in [6, 6.07) is 25.1. The number of benzene rings is 5. The fraction of sp³-hybridized carbons (Fsp3) is 0.0833. The third-order valence-corrected chi connectivity index (χ3v) is 6.85. The summed E-state index contributed by atoms with van der Waals surface area (Å²) in [5.41, 5.74) is 1.55. The lowest BCUT2D eigenvalue weighted by Crippen LogP contribution is -2.14. The Morgan fingerprint density at radius 1 is 0.690 bits per heavy atom. The monoisotopic (exact) mass is 400 g/mol. The highest BCUT2D eigenvalue weighted by Gasteiger charge is 2.20. The van der Waals surface area contributed by atoms with Crippen LogP contribution in [0, 0.1) is 0 Å². The molecule has 0 heterocycles. The molecule has 0 aliphatic carbocycles. The number of hydrogen-bond donors (Lipinski definition) is 1. The highest BCUT2D eigenvalue weighted by atomic mass is 32.2. The van der Waals surface area contributed by atoms with Crippen molar-refractivity contribution >= 4 is 53.7 Å². The smallest absolute Gasteiger partial charge is 0.262 e. The zero-order chi connectivity index (χ0) is 20.2. The number of sulfonamides is 1. The first-order valence-corrected chi connectivity index (χ1v) is 10.9. The van der Waals surface area contributed by atoms with Crippen LogP contribution < -0.4 is 9.62 Å². The summed E-state index contributed by atoms with van der Waals surface area (Å²) in [6.45, 7) is 0. The summed E-state index contributed by atoms with van der Waals surface area (Å²) in [5, 5.41) is 6.11. The molecule has 5 heteroatoms. The SMILES string of the molecule is CN(C)c1ccc(NS(=O)(=O)c2ccc3ccc4cccc5ccc2c3c45)cc1. The summed E-state index contributed by atoms with van der Waals surface area (Å²) >= 11 is 0. The summed E-state index contributed by atoms with van der Waals surface area (Å²) in [7, 11) is 0.162. The Morgan fingerprint density at radius 3 is 1.93 bits per heavy atom. The Morgan fingerprint density at radius 2 is 1.28 bits per heavy atom. The van der Waals surface area contributed by atoms with E-state index >= 15 is 0 Å². The van der Waals surface area contributed by atoms with Crippen molar-refractivity contribution in [3.05, 3.63) is 78.9 Å². The van der Waals surface area contributed by atoms with Crippen LogP contribution in [0.5, 0.6) is 0 Å². The van der Waals surface area contributed by atoms with Gasteiger partial charge in [0.15, 0.2) is 0 Å². The first-order valence-electron chi connectivity index (χ1n) is 9.41. The zero-order valence-corrected chi connectivity index (χ0v) is 17.0. The van der Waals surface area contributed by atoms with Crippen LogP contribution in [0.15, 0.2) is 83.8 Å². The Hall–Kier alpha value is -3.31. The highest BCUT2D eigenvalue weighted by molar-refractivity contribution is 7.93. The molecule has 1 N–H and O–H groups in total. The van der Waals surface area contributed by atoms with Gasteiger partial charge in [-0.05, 0) is 57.3 Å². The third-order valence-electron chi connectivity index (χ3n) is 5.41. The van der Waals surface area contributed by atoms with E-state index < -0.39 is 10.0 Å². The molecule has 0 aromatic heterocycles. The normalized spacial score (nSPS) is 12.1. The van der Waals surface area contributed by atoms with Crippen molar-refractivity contribution in [1.29, 1.82) is 0 Å². The van der Waals surface area contributed by atoms with E-state index in [1.54, 1.807) is 18.2 Å². The van der Waals surface area contributed by atoms with Crippen molar-refractivity contribution < 1.29 is 8.42 Å². The second-order valence-corrected chi connectivity index (χ2v) is 9.12. The number of rotatable bonds is 4. The summed E-state index contributed by atoms with van der Waals surface area (Å²) in [4.78, 5) is 2.26. The van der Waals surface area contributed by atoms with Gasteiger partial charge in [0.1, 0.15) is 0 Å². The molecule has 0 bridgehead atoms. The van der Waals surface area contributed by atoms with Gasteiger partial charge in [-0.3, -0.25) is 4.72 Å². The fourth-order valence-corrected chi connectivity index (χ4v) is 5.24. The maximum absolute atomic E-state index is 13.2. The first-order chi connectivity index (χ1) is 13.9. The van der Waals surface area contributed by atoms with Gasteiger partial charge >= 0.3 is 0 Å². The minimum atomic E-state index is -3.73. The highest BCUT2D eigenvalue weighted by Crippen LogP contribution is 2.37. The Kier molecular flexibility index (Phi) is 3.89. The van der Waals surface area contributed by atoms with Gasteiger partial charge < -0.3 is 4.90 Å². The third kappa shape index (κ3) is 2.86. The van der Waals surface area contributed by atoms with E-state index in [0.717, 1.165) is 38.0 Å². The van der Waals surface area contributed by atoms with Gasteiger partial charge in [0.05, 0.1) is 4.90 Å². The van der Waals surface area contributed by atoms with Crippen molar-refractivity contribution in [2.45, 2.75) is 4.90 Å². The molecule has 4 nitrogen and oxygen atoms in total. The molecule has 0 fully saturated rings. The van der Waals surface area contributed by atoms with Crippen LogP contribution in [-0.2, 0) is 10.0 Å². The Labute approximate surface area is 169 Å². The van der Waals surface area contributed by atoms with Crippen LogP contribution in [-0.4, -0.2) is 22.5 Å². The standard InChI is InChI=1S/C24H20N2O2S/c1-26(2)20-12-10-19(11-13-20)25-29(27,28)22-15-9-18-7-6-16-4-3-5-17-8-14-21(22)24(18)23(16)17/h3-15,25H,1-2H3. The molecule has 0 atom stereocenters. The van der Waals surface area contributed by atoms with Crippen LogP contribution in [0.3, 0.4) is 0 Å². The van der Waals surface area contributed by atoms with E-state index in [4.69, 9.17) is 0 Å². The van der Waals surface area contributed by atoms with Crippen molar-refractivity contribution in [3.8, 4) is 0 Å². The molecule has 0 aliphatic rings. The average Bonchev–Trinajstić information content (AvgIpc) is 2.72. The van der Waals surface area contributed by atoms with E-state index in [-0.39, 0.29) is 0 Å². The van der Waals surface area contributed by atoms with Crippen molar-refractivity contribution in [2.24, 2.45) is 0 Å². The summed E-state index contributed by atoms with van der Waals surface area (Å²) in [5.74, 6) is 0. The van der Waals surface area contributed by atoms with Gasteiger partial charge in [-0.25, -0.2) is 8.42 Å². The number of nitrogens with one attached hydrogen (secondary N) is 1. The van der Waals surface area contributed by atoms with Crippen LogP contribution >= 0.6 is 0 Å². The molecule has 5 aromatic rings. The van der Waals surface area contributed by atoms with Gasteiger partial charge in [-0.1, -0.05) is 48.5 Å². The lowest BCUT2D eigenvalue weighted by Gasteiger charge is -2.16. The summed E-state index contributed by atoms with van der Waals surface area (Å²) in [6.07, 6.45) is 0. The molecule has 0 spiro atoms. The van der Waals surface area contributed by atoms with Crippen molar-refractivity contribution in [2.75, 3.05) is 23.7 Å². The molecule has 144 valence electrons. The molecule has 5 rings (SSSR count). The van der Waals surface area contributed by atoms with Gasteiger partial charge in [-0.15, -0.1) is 0 Å². The number of hydrogen-bond acceptors (Lipinski definition) is 3. The molecular formula is C24H20N2O2S. The topological polar surface area (TPSA) is 49.4 Å². The second-order valence-electron chi connectivity index (χ2n) is 7.47. The largest absolute Gasteiger partial charge is 0.378 e. The van der Waals surface area contributed by atoms with E-state index in [0.29, 0.717) is 10.6 Å². The predicted molar refractivity (Wildman–Crippen MR) is 122 cm³/mol. The van der Waals surface area contributed by atoms with Gasteiger partial charge in [0.25, 0.3) is 10.0 Å². The molecular weight excluding hydrogens is 380 g/mol. The van der Waals surface area contributed by atoms with E-state index in [1.807, 2.05) is 61.5 Å². The number of anilines is 2. The molecule has 0 amide bonds. The zero-order valence-electron chi connectivity index (χ0n) is 16.2. The average molecular weight is 401 g/mol. The first kappa shape index (κ1) is 17.8. The second kappa shape index (κ2) is 6.36. The Balaban J connectivity index is 1.67. The van der Waals surface area contributed by atoms with Gasteiger partial charge in [0.2, 0.25) is 0 Å². The quantitative estimate of drug-likeness (QED) is 0.408. The Bertz CT molecular complexity index is 1440. The van der Waals surface area contributed by atoms with Gasteiger partial charge in [0, 0.05) is 30.9 Å².